The maximum Gasteiger partial charge on any atom is 0.242 e. The Morgan fingerprint density at radius 1 is 1.22 bits per heavy atom. The molecule has 0 aliphatic heterocycles. The van der Waals surface area contributed by atoms with Crippen LogP contribution in [-0.2, 0) is 4.79 Å². The molecule has 0 unspecified atom stereocenters. The van der Waals surface area contributed by atoms with Gasteiger partial charge < -0.3 is 15.1 Å². The molecule has 1 N–H and O–H groups in total. The van der Waals surface area contributed by atoms with Crippen molar-refractivity contribution in [3.05, 3.63) is 0 Å². The van der Waals surface area contributed by atoms with Crippen LogP contribution >= 0.6 is 24.0 Å². The number of carbonyl (C=O) groups is 1. The lowest BCUT2D eigenvalue weighted by molar-refractivity contribution is -0.131. The van der Waals surface area contributed by atoms with Crippen LogP contribution in [0.25, 0.3) is 0 Å². The van der Waals surface area contributed by atoms with Gasteiger partial charge in [-0.15, -0.1) is 24.0 Å². The molecule has 2 aliphatic rings. The molecule has 1 amide bonds. The fraction of sp³-hybridized carbons (Fsp3) is 0.882. The first-order valence-electron chi connectivity index (χ1n) is 8.83. The average molecular weight is 436 g/mol. The Morgan fingerprint density at radius 3 is 2.26 bits per heavy atom. The Hall–Kier alpha value is -0.530. The van der Waals surface area contributed by atoms with Crippen molar-refractivity contribution in [3.63, 3.8) is 0 Å². The van der Waals surface area contributed by atoms with Gasteiger partial charge in [0, 0.05) is 33.2 Å². The minimum atomic E-state index is 0. The van der Waals surface area contributed by atoms with Gasteiger partial charge in [0.2, 0.25) is 5.91 Å². The zero-order valence-electron chi connectivity index (χ0n) is 15.1. The second kappa shape index (κ2) is 9.08. The molecular weight excluding hydrogens is 403 g/mol. The molecule has 0 radical (unpaired) electrons. The molecule has 2 aliphatic carbocycles. The highest BCUT2D eigenvalue weighted by molar-refractivity contribution is 14.0. The van der Waals surface area contributed by atoms with Crippen LogP contribution in [0.2, 0.25) is 0 Å². The molecule has 0 aromatic carbocycles. The molecule has 2 fully saturated rings. The standard InChI is InChI=1S/C17H32N4O.HI/c1-5-18-16(19-13-17(10-11-17)14-8-9-14)20(4)12-15(22)21(6-2)7-3;/h14H,5-13H2,1-4H3,(H,18,19);1H. The number of halogens is 1. The van der Waals surface area contributed by atoms with E-state index in [1.807, 2.05) is 30.7 Å². The van der Waals surface area contributed by atoms with Gasteiger partial charge in [-0.2, -0.15) is 0 Å². The first kappa shape index (κ1) is 20.5. The summed E-state index contributed by atoms with van der Waals surface area (Å²) in [4.78, 5) is 20.9. The van der Waals surface area contributed by atoms with Crippen LogP contribution in [0.5, 0.6) is 0 Å². The molecule has 0 aromatic heterocycles. The van der Waals surface area contributed by atoms with Crippen LogP contribution in [0.3, 0.4) is 0 Å². The Labute approximate surface area is 158 Å². The average Bonchev–Trinajstić information content (AvgIpc) is 3.38. The number of carbonyl (C=O) groups excluding carboxylic acids is 1. The van der Waals surface area contributed by atoms with Crippen molar-refractivity contribution in [2.24, 2.45) is 16.3 Å². The Balaban J connectivity index is 0.00000264. The lowest BCUT2D eigenvalue weighted by Gasteiger charge is -2.26. The first-order valence-corrected chi connectivity index (χ1v) is 8.83. The van der Waals surface area contributed by atoms with E-state index in [4.69, 9.17) is 4.99 Å². The van der Waals surface area contributed by atoms with Gasteiger partial charge in [0.25, 0.3) is 0 Å². The molecule has 2 rings (SSSR count). The predicted molar refractivity (Wildman–Crippen MR) is 106 cm³/mol. The van der Waals surface area contributed by atoms with Crippen molar-refractivity contribution in [2.45, 2.75) is 46.5 Å². The maximum absolute atomic E-state index is 12.3. The van der Waals surface area contributed by atoms with Crippen LogP contribution in [0.4, 0.5) is 0 Å². The van der Waals surface area contributed by atoms with Gasteiger partial charge in [0.15, 0.2) is 5.96 Å². The van der Waals surface area contributed by atoms with E-state index >= 15 is 0 Å². The SMILES string of the molecule is CCNC(=NCC1(C2CC2)CC1)N(C)CC(=O)N(CC)CC.I. The maximum atomic E-state index is 12.3. The van der Waals surface area contributed by atoms with Crippen molar-refractivity contribution >= 4 is 35.8 Å². The molecule has 0 heterocycles. The van der Waals surface area contributed by atoms with Gasteiger partial charge in [-0.05, 0) is 57.8 Å². The topological polar surface area (TPSA) is 47.9 Å². The third kappa shape index (κ3) is 5.50. The molecule has 6 heteroatoms. The molecule has 134 valence electrons. The van der Waals surface area contributed by atoms with E-state index in [9.17, 15) is 4.79 Å². The summed E-state index contributed by atoms with van der Waals surface area (Å²) in [6, 6.07) is 0. The van der Waals surface area contributed by atoms with Crippen LogP contribution in [0, 0.1) is 11.3 Å². The van der Waals surface area contributed by atoms with Crippen molar-refractivity contribution in [2.75, 3.05) is 39.8 Å². The molecule has 0 aromatic rings. The van der Waals surface area contributed by atoms with Crippen LogP contribution in [-0.4, -0.2) is 61.4 Å². The summed E-state index contributed by atoms with van der Waals surface area (Å²) in [6.45, 7) is 9.79. The number of nitrogens with zero attached hydrogens (tertiary/aromatic N) is 3. The third-order valence-electron chi connectivity index (χ3n) is 5.06. The molecular formula is C17H33IN4O. The van der Waals surface area contributed by atoms with Gasteiger partial charge >= 0.3 is 0 Å². The number of hydrogen-bond donors (Lipinski definition) is 1. The summed E-state index contributed by atoms with van der Waals surface area (Å²) in [7, 11) is 1.96. The summed E-state index contributed by atoms with van der Waals surface area (Å²) in [5.74, 6) is 1.96. The second-order valence-corrected chi connectivity index (χ2v) is 6.73. The van der Waals surface area contributed by atoms with E-state index in [2.05, 4.69) is 12.2 Å². The zero-order valence-corrected chi connectivity index (χ0v) is 17.4. The molecule has 5 nitrogen and oxygen atoms in total. The molecule has 0 spiro atoms. The fourth-order valence-corrected chi connectivity index (χ4v) is 3.21. The predicted octanol–water partition coefficient (Wildman–Crippen LogP) is 2.56. The molecule has 0 bridgehead atoms. The first-order chi connectivity index (χ1) is 10.6. The van der Waals surface area contributed by atoms with E-state index in [-0.39, 0.29) is 29.9 Å². The summed E-state index contributed by atoms with van der Waals surface area (Å²) in [6.07, 6.45) is 5.45. The van der Waals surface area contributed by atoms with Gasteiger partial charge in [-0.1, -0.05) is 0 Å². The van der Waals surface area contributed by atoms with Crippen LogP contribution < -0.4 is 5.32 Å². The smallest absolute Gasteiger partial charge is 0.242 e. The highest BCUT2D eigenvalue weighted by Crippen LogP contribution is 2.61. The second-order valence-electron chi connectivity index (χ2n) is 6.73. The van der Waals surface area contributed by atoms with Crippen molar-refractivity contribution in [3.8, 4) is 0 Å². The number of aliphatic imine (C=N–C) groups is 1. The summed E-state index contributed by atoms with van der Waals surface area (Å²) < 4.78 is 0. The number of amides is 1. The van der Waals surface area contributed by atoms with Crippen molar-refractivity contribution in [1.29, 1.82) is 0 Å². The molecule has 0 atom stereocenters. The largest absolute Gasteiger partial charge is 0.357 e. The zero-order chi connectivity index (χ0) is 16.2. The monoisotopic (exact) mass is 436 g/mol. The van der Waals surface area contributed by atoms with Gasteiger partial charge in [-0.3, -0.25) is 9.79 Å². The van der Waals surface area contributed by atoms with Gasteiger partial charge in [-0.25, -0.2) is 0 Å². The van der Waals surface area contributed by atoms with E-state index in [0.29, 0.717) is 12.0 Å². The summed E-state index contributed by atoms with van der Waals surface area (Å²) >= 11 is 0. The Morgan fingerprint density at radius 2 is 1.83 bits per heavy atom. The lowest BCUT2D eigenvalue weighted by atomic mass is 10.0. The number of nitrogens with one attached hydrogen (secondary N) is 1. The minimum absolute atomic E-state index is 0. The number of hydrogen-bond acceptors (Lipinski definition) is 2. The summed E-state index contributed by atoms with van der Waals surface area (Å²) in [5, 5.41) is 3.33. The number of likely N-dealkylation sites (N-methyl/N-ethyl adjacent to an activating group) is 2. The summed E-state index contributed by atoms with van der Waals surface area (Å²) in [5.41, 5.74) is 0.504. The van der Waals surface area contributed by atoms with Gasteiger partial charge in [0.05, 0.1) is 6.54 Å². The van der Waals surface area contributed by atoms with Crippen LogP contribution in [0.1, 0.15) is 46.5 Å². The van der Waals surface area contributed by atoms with E-state index in [1.165, 1.54) is 25.7 Å². The van der Waals surface area contributed by atoms with E-state index < -0.39 is 0 Å². The number of rotatable bonds is 8. The highest BCUT2D eigenvalue weighted by Gasteiger charge is 2.53. The molecule has 0 saturated heterocycles. The van der Waals surface area contributed by atoms with Crippen LogP contribution in [0.15, 0.2) is 4.99 Å². The van der Waals surface area contributed by atoms with E-state index in [1.54, 1.807) is 0 Å². The molecule has 2 saturated carbocycles. The van der Waals surface area contributed by atoms with Gasteiger partial charge in [0.1, 0.15) is 0 Å². The third-order valence-corrected chi connectivity index (χ3v) is 5.06. The lowest BCUT2D eigenvalue weighted by Crippen LogP contribution is -2.45. The molecule has 23 heavy (non-hydrogen) atoms. The fourth-order valence-electron chi connectivity index (χ4n) is 3.21. The van der Waals surface area contributed by atoms with Crippen molar-refractivity contribution in [1.82, 2.24) is 15.1 Å². The Bertz CT molecular complexity index is 415. The normalized spacial score (nSPS) is 18.9. The number of guanidine groups is 1. The van der Waals surface area contributed by atoms with E-state index in [0.717, 1.165) is 38.1 Å². The minimum Gasteiger partial charge on any atom is -0.357 e. The highest BCUT2D eigenvalue weighted by atomic mass is 127. The quantitative estimate of drug-likeness (QED) is 0.362. The van der Waals surface area contributed by atoms with Crippen molar-refractivity contribution < 1.29 is 4.79 Å². The Kier molecular flexibility index (Phi) is 8.10.